The van der Waals surface area contributed by atoms with Gasteiger partial charge in [0, 0.05) is 22.6 Å². The van der Waals surface area contributed by atoms with E-state index in [1.165, 1.54) is 120 Å². The molecule has 0 atom stereocenters. The van der Waals surface area contributed by atoms with E-state index in [1.807, 2.05) is 6.21 Å². The van der Waals surface area contributed by atoms with Crippen molar-refractivity contribution in [1.29, 1.82) is 0 Å². The fraction of sp³-hybridized carbons (Fsp3) is 0.610. The van der Waals surface area contributed by atoms with Crippen molar-refractivity contribution >= 4 is 39.4 Å². The van der Waals surface area contributed by atoms with E-state index < -0.39 is 16.1 Å². The zero-order chi connectivity index (χ0) is 32.8. The topological polar surface area (TPSA) is 24.7 Å². The second-order valence-electron chi connectivity index (χ2n) is 15.6. The molecular weight excluding hydrogens is 577 g/mol. The molecule has 2 rings (SSSR count). The van der Waals surface area contributed by atoms with E-state index in [4.69, 9.17) is 9.98 Å². The zero-order valence-electron chi connectivity index (χ0n) is 30.3. The minimum absolute atomic E-state index is 0.736. The number of nitrogens with zero attached hydrogens (tertiary/aromatic N) is 2. The Balaban J connectivity index is 1.82. The Bertz CT molecular complexity index is 1170. The van der Waals surface area contributed by atoms with Gasteiger partial charge in [-0.3, -0.25) is 4.99 Å². The number of hydrogen-bond acceptors (Lipinski definition) is 2. The molecule has 0 aromatic heterocycles. The first-order valence-corrected chi connectivity index (χ1v) is 25.7. The molecular formula is C41H66N2Si2. The standard InChI is InChI=1S/C41H66N2Si2/c1-8-9-10-11-12-13-14-15-16-17-18-19-20-21-22-23-24-25-41(43-40-32-28-38(29-33-40)36-45(5,6)7)34-42-39-30-26-37(27-31-39)35-44(2,3)4/h26-34H,8-23,35-36H2,1-7H3. The third-order valence-corrected chi connectivity index (χ3v) is 11.0. The number of rotatable bonds is 22. The lowest BCUT2D eigenvalue weighted by Gasteiger charge is -2.15. The van der Waals surface area contributed by atoms with Gasteiger partial charge in [-0.1, -0.05) is 177 Å². The molecule has 0 saturated heterocycles. The molecule has 0 saturated carbocycles. The highest BCUT2D eigenvalue weighted by molar-refractivity contribution is 6.75. The van der Waals surface area contributed by atoms with Gasteiger partial charge in [-0.25, -0.2) is 4.99 Å². The van der Waals surface area contributed by atoms with E-state index in [0.717, 1.165) is 23.5 Å². The van der Waals surface area contributed by atoms with Gasteiger partial charge < -0.3 is 0 Å². The maximum absolute atomic E-state index is 4.90. The maximum Gasteiger partial charge on any atom is 0.132 e. The summed E-state index contributed by atoms with van der Waals surface area (Å²) < 4.78 is 0. The monoisotopic (exact) mass is 642 g/mol. The second kappa shape index (κ2) is 22.3. The van der Waals surface area contributed by atoms with Crippen LogP contribution in [0.2, 0.25) is 39.3 Å². The molecule has 0 bridgehead atoms. The van der Waals surface area contributed by atoms with Gasteiger partial charge in [0.15, 0.2) is 0 Å². The molecule has 0 fully saturated rings. The molecule has 0 heterocycles. The second-order valence-corrected chi connectivity index (χ2v) is 26.5. The SMILES string of the molecule is CCCCCCCCCCCCCCCCCC#CC(C=Nc1ccc(C[Si](C)(C)C)cc1)=Nc1ccc(C[Si](C)(C)C)cc1. The molecule has 0 amide bonds. The van der Waals surface area contributed by atoms with Gasteiger partial charge in [-0.15, -0.1) is 0 Å². The van der Waals surface area contributed by atoms with Crippen molar-refractivity contribution in [3.8, 4) is 11.8 Å². The average molecular weight is 643 g/mol. The summed E-state index contributed by atoms with van der Waals surface area (Å²) in [5.74, 6) is 6.75. The number of hydrogen-bond donors (Lipinski definition) is 0. The molecule has 0 aliphatic rings. The smallest absolute Gasteiger partial charge is 0.132 e. The molecule has 2 aromatic carbocycles. The Morgan fingerprint density at radius 1 is 0.556 bits per heavy atom. The molecule has 4 heteroatoms. The molecule has 0 aliphatic heterocycles. The maximum atomic E-state index is 4.90. The van der Waals surface area contributed by atoms with Crippen molar-refractivity contribution in [2.45, 2.75) is 161 Å². The Hall–Kier alpha value is -2.23. The van der Waals surface area contributed by atoms with Crippen molar-refractivity contribution in [3.63, 3.8) is 0 Å². The summed E-state index contributed by atoms with van der Waals surface area (Å²) in [4.78, 5) is 9.66. The highest BCUT2D eigenvalue weighted by atomic mass is 28.3. The molecule has 0 aliphatic carbocycles. The van der Waals surface area contributed by atoms with E-state index in [-0.39, 0.29) is 0 Å². The van der Waals surface area contributed by atoms with Crippen molar-refractivity contribution in [2.24, 2.45) is 9.98 Å². The average Bonchev–Trinajstić information content (AvgIpc) is 2.97. The predicted molar refractivity (Wildman–Crippen MR) is 210 cm³/mol. The lowest BCUT2D eigenvalue weighted by molar-refractivity contribution is 0.533. The van der Waals surface area contributed by atoms with Gasteiger partial charge in [0.25, 0.3) is 0 Å². The van der Waals surface area contributed by atoms with Crippen LogP contribution in [0.5, 0.6) is 0 Å². The van der Waals surface area contributed by atoms with Crippen LogP contribution in [-0.2, 0) is 12.1 Å². The van der Waals surface area contributed by atoms with Gasteiger partial charge in [0.2, 0.25) is 0 Å². The van der Waals surface area contributed by atoms with Crippen molar-refractivity contribution in [3.05, 3.63) is 59.7 Å². The number of unbranched alkanes of at least 4 members (excludes halogenated alkanes) is 15. The Labute approximate surface area is 281 Å². The minimum Gasteiger partial charge on any atom is -0.254 e. The highest BCUT2D eigenvalue weighted by Crippen LogP contribution is 2.19. The van der Waals surface area contributed by atoms with Crippen LogP contribution < -0.4 is 0 Å². The lowest BCUT2D eigenvalue weighted by atomic mass is 10.0. The Kier molecular flexibility index (Phi) is 19.3. The lowest BCUT2D eigenvalue weighted by Crippen LogP contribution is -2.23. The van der Waals surface area contributed by atoms with Crippen molar-refractivity contribution in [1.82, 2.24) is 0 Å². The summed E-state index contributed by atoms with van der Waals surface area (Å²) in [6.07, 6.45) is 23.6. The van der Waals surface area contributed by atoms with Gasteiger partial charge >= 0.3 is 0 Å². The Morgan fingerprint density at radius 2 is 0.956 bits per heavy atom. The molecule has 248 valence electrons. The summed E-state index contributed by atoms with van der Waals surface area (Å²) in [5.41, 5.74) is 5.45. The normalized spacial score (nSPS) is 12.5. The van der Waals surface area contributed by atoms with Gasteiger partial charge in [0.1, 0.15) is 5.71 Å². The number of benzene rings is 2. The molecule has 0 unspecified atom stereocenters. The van der Waals surface area contributed by atoms with Crippen LogP contribution in [0.15, 0.2) is 58.5 Å². The number of aliphatic imine (C=N–C) groups is 2. The summed E-state index contributed by atoms with van der Waals surface area (Å²) in [7, 11) is -2.27. The van der Waals surface area contributed by atoms with Gasteiger partial charge in [-0.05, 0) is 48.7 Å². The highest BCUT2D eigenvalue weighted by Gasteiger charge is 2.14. The van der Waals surface area contributed by atoms with Crippen LogP contribution in [0.4, 0.5) is 11.4 Å². The molecule has 0 N–H and O–H groups in total. The molecule has 0 radical (unpaired) electrons. The molecule has 2 nitrogen and oxygen atoms in total. The minimum atomic E-state index is -1.14. The Morgan fingerprint density at radius 3 is 1.38 bits per heavy atom. The first-order valence-electron chi connectivity index (χ1n) is 18.3. The zero-order valence-corrected chi connectivity index (χ0v) is 32.3. The van der Waals surface area contributed by atoms with Gasteiger partial charge in [-0.2, -0.15) is 0 Å². The molecule has 0 spiro atoms. The van der Waals surface area contributed by atoms with E-state index >= 15 is 0 Å². The largest absolute Gasteiger partial charge is 0.254 e. The van der Waals surface area contributed by atoms with Crippen LogP contribution in [0.1, 0.15) is 121 Å². The molecule has 2 aromatic rings. The first-order chi connectivity index (χ1) is 21.5. The van der Waals surface area contributed by atoms with Crippen LogP contribution in [0.25, 0.3) is 0 Å². The van der Waals surface area contributed by atoms with Gasteiger partial charge in [0.05, 0.1) is 17.6 Å². The van der Waals surface area contributed by atoms with Crippen LogP contribution >= 0.6 is 0 Å². The van der Waals surface area contributed by atoms with E-state index in [9.17, 15) is 0 Å². The molecule has 45 heavy (non-hydrogen) atoms. The van der Waals surface area contributed by atoms with Crippen LogP contribution in [0.3, 0.4) is 0 Å². The summed E-state index contributed by atoms with van der Waals surface area (Å²) in [6, 6.07) is 19.8. The summed E-state index contributed by atoms with van der Waals surface area (Å²) in [6.45, 7) is 16.8. The van der Waals surface area contributed by atoms with Crippen LogP contribution in [-0.4, -0.2) is 28.1 Å². The summed E-state index contributed by atoms with van der Waals surface area (Å²) >= 11 is 0. The van der Waals surface area contributed by atoms with Crippen molar-refractivity contribution < 1.29 is 0 Å². The van der Waals surface area contributed by atoms with E-state index in [0.29, 0.717) is 0 Å². The van der Waals surface area contributed by atoms with E-state index in [1.54, 1.807) is 0 Å². The van der Waals surface area contributed by atoms with E-state index in [2.05, 4.69) is 107 Å². The quantitative estimate of drug-likeness (QED) is 0.0528. The predicted octanol–water partition coefficient (Wildman–Crippen LogP) is 13.3. The summed E-state index contributed by atoms with van der Waals surface area (Å²) in [5, 5.41) is 0. The first kappa shape index (κ1) is 39.0. The third kappa shape index (κ3) is 21.2. The van der Waals surface area contributed by atoms with Crippen LogP contribution in [0, 0.1) is 11.8 Å². The third-order valence-electron chi connectivity index (χ3n) is 8.05. The fourth-order valence-corrected chi connectivity index (χ4v) is 8.64. The fourth-order valence-electron chi connectivity index (χ4n) is 5.71. The van der Waals surface area contributed by atoms with Crippen molar-refractivity contribution in [2.75, 3.05) is 0 Å².